The SMILES string of the molecule is CC(C)CCOC(=O)CCC(C)C(=O)OCCC(C)C. The topological polar surface area (TPSA) is 52.6 Å². The van der Waals surface area contributed by atoms with Gasteiger partial charge in [0.1, 0.15) is 0 Å². The van der Waals surface area contributed by atoms with Gasteiger partial charge < -0.3 is 9.47 Å². The molecule has 0 N–H and O–H groups in total. The minimum absolute atomic E-state index is 0.222. The largest absolute Gasteiger partial charge is 0.466 e. The Labute approximate surface area is 123 Å². The molecule has 118 valence electrons. The fourth-order valence-corrected chi connectivity index (χ4v) is 1.47. The first-order chi connectivity index (χ1) is 9.32. The van der Waals surface area contributed by atoms with Gasteiger partial charge in [0.2, 0.25) is 0 Å². The molecule has 0 saturated heterocycles. The first-order valence-corrected chi connectivity index (χ1v) is 7.65. The maximum atomic E-state index is 11.7. The molecule has 20 heavy (non-hydrogen) atoms. The summed E-state index contributed by atoms with van der Waals surface area (Å²) in [5.74, 6) is 0.347. The molecule has 1 unspecified atom stereocenters. The van der Waals surface area contributed by atoms with E-state index in [4.69, 9.17) is 9.47 Å². The van der Waals surface area contributed by atoms with Gasteiger partial charge in [0, 0.05) is 6.42 Å². The van der Waals surface area contributed by atoms with Crippen LogP contribution in [-0.4, -0.2) is 25.2 Å². The van der Waals surface area contributed by atoms with Crippen LogP contribution < -0.4 is 0 Å². The number of hydrogen-bond donors (Lipinski definition) is 0. The smallest absolute Gasteiger partial charge is 0.308 e. The molecular formula is C16H30O4. The molecule has 1 atom stereocenters. The lowest BCUT2D eigenvalue weighted by Crippen LogP contribution is -2.18. The highest BCUT2D eigenvalue weighted by molar-refractivity contribution is 5.74. The minimum atomic E-state index is -0.250. The van der Waals surface area contributed by atoms with E-state index in [-0.39, 0.29) is 24.3 Å². The van der Waals surface area contributed by atoms with E-state index in [2.05, 4.69) is 27.7 Å². The predicted octanol–water partition coefficient (Wildman–Crippen LogP) is 3.58. The number of hydrogen-bond acceptors (Lipinski definition) is 4. The van der Waals surface area contributed by atoms with Crippen molar-refractivity contribution < 1.29 is 19.1 Å². The predicted molar refractivity (Wildman–Crippen MR) is 79.2 cm³/mol. The zero-order valence-electron chi connectivity index (χ0n) is 13.6. The van der Waals surface area contributed by atoms with E-state index in [1.807, 2.05) is 0 Å². The van der Waals surface area contributed by atoms with E-state index in [0.717, 1.165) is 12.8 Å². The van der Waals surface area contributed by atoms with Crippen molar-refractivity contribution in [1.29, 1.82) is 0 Å². The quantitative estimate of drug-likeness (QED) is 0.576. The molecule has 0 bridgehead atoms. The summed E-state index contributed by atoms with van der Waals surface area (Å²) in [6.07, 6.45) is 2.51. The summed E-state index contributed by atoms with van der Waals surface area (Å²) in [5.41, 5.74) is 0. The van der Waals surface area contributed by atoms with Gasteiger partial charge >= 0.3 is 11.9 Å². The molecule has 0 aromatic rings. The van der Waals surface area contributed by atoms with Crippen molar-refractivity contribution in [1.82, 2.24) is 0 Å². The summed E-state index contributed by atoms with van der Waals surface area (Å²) >= 11 is 0. The zero-order chi connectivity index (χ0) is 15.5. The highest BCUT2D eigenvalue weighted by Gasteiger charge is 2.16. The van der Waals surface area contributed by atoms with Gasteiger partial charge in [0.25, 0.3) is 0 Å². The summed E-state index contributed by atoms with van der Waals surface area (Å²) < 4.78 is 10.3. The summed E-state index contributed by atoms with van der Waals surface area (Å²) in [6, 6.07) is 0. The summed E-state index contributed by atoms with van der Waals surface area (Å²) in [5, 5.41) is 0. The van der Waals surface area contributed by atoms with Crippen LogP contribution in [0.2, 0.25) is 0 Å². The van der Waals surface area contributed by atoms with Crippen molar-refractivity contribution in [3.8, 4) is 0 Å². The number of carbonyl (C=O) groups excluding carboxylic acids is 2. The fraction of sp³-hybridized carbons (Fsp3) is 0.875. The average Bonchev–Trinajstić information content (AvgIpc) is 2.34. The second-order valence-electron chi connectivity index (χ2n) is 6.19. The first-order valence-electron chi connectivity index (χ1n) is 7.65. The van der Waals surface area contributed by atoms with Crippen LogP contribution in [0.3, 0.4) is 0 Å². The summed E-state index contributed by atoms with van der Waals surface area (Å²) in [7, 11) is 0. The Morgan fingerprint density at radius 2 is 1.30 bits per heavy atom. The molecule has 4 nitrogen and oxygen atoms in total. The summed E-state index contributed by atoms with van der Waals surface area (Å²) in [4.78, 5) is 23.1. The lowest BCUT2D eigenvalue weighted by molar-refractivity contribution is -0.149. The van der Waals surface area contributed by atoms with Gasteiger partial charge in [-0.05, 0) is 31.1 Å². The molecule has 0 aliphatic rings. The maximum Gasteiger partial charge on any atom is 0.308 e. The van der Waals surface area contributed by atoms with Crippen LogP contribution in [0.15, 0.2) is 0 Å². The molecule has 0 fully saturated rings. The first kappa shape index (κ1) is 18.9. The van der Waals surface area contributed by atoms with Crippen LogP contribution in [0, 0.1) is 17.8 Å². The van der Waals surface area contributed by atoms with E-state index in [9.17, 15) is 9.59 Å². The van der Waals surface area contributed by atoms with E-state index >= 15 is 0 Å². The molecule has 0 saturated carbocycles. The van der Waals surface area contributed by atoms with Gasteiger partial charge in [-0.15, -0.1) is 0 Å². The molecule has 0 heterocycles. The molecule has 0 rings (SSSR count). The molecule has 0 aromatic carbocycles. The Hall–Kier alpha value is -1.06. The average molecular weight is 286 g/mol. The Morgan fingerprint density at radius 3 is 1.80 bits per heavy atom. The molecule has 0 aromatic heterocycles. The van der Waals surface area contributed by atoms with E-state index < -0.39 is 0 Å². The lowest BCUT2D eigenvalue weighted by atomic mass is 10.1. The van der Waals surface area contributed by atoms with Crippen molar-refractivity contribution in [3.05, 3.63) is 0 Å². The molecular weight excluding hydrogens is 256 g/mol. The van der Waals surface area contributed by atoms with Gasteiger partial charge in [-0.2, -0.15) is 0 Å². The highest BCUT2D eigenvalue weighted by Crippen LogP contribution is 2.10. The molecule has 4 heteroatoms. The van der Waals surface area contributed by atoms with Crippen LogP contribution in [0.1, 0.15) is 60.3 Å². The third-order valence-electron chi connectivity index (χ3n) is 3.08. The molecule has 0 spiro atoms. The molecule has 0 radical (unpaired) electrons. The number of esters is 2. The Bertz CT molecular complexity index is 284. The van der Waals surface area contributed by atoms with Crippen LogP contribution in [0.4, 0.5) is 0 Å². The zero-order valence-corrected chi connectivity index (χ0v) is 13.6. The fourth-order valence-electron chi connectivity index (χ4n) is 1.47. The van der Waals surface area contributed by atoms with Crippen LogP contribution in [0.5, 0.6) is 0 Å². The van der Waals surface area contributed by atoms with Gasteiger partial charge in [0.15, 0.2) is 0 Å². The van der Waals surface area contributed by atoms with Gasteiger partial charge in [0.05, 0.1) is 19.1 Å². The third-order valence-corrected chi connectivity index (χ3v) is 3.08. The number of carbonyl (C=O) groups is 2. The van der Waals surface area contributed by atoms with E-state index in [1.54, 1.807) is 6.92 Å². The monoisotopic (exact) mass is 286 g/mol. The molecule has 0 aliphatic heterocycles. The van der Waals surface area contributed by atoms with Gasteiger partial charge in [-0.25, -0.2) is 0 Å². The summed E-state index contributed by atoms with van der Waals surface area (Å²) in [6.45, 7) is 11.1. The number of rotatable bonds is 10. The highest BCUT2D eigenvalue weighted by atomic mass is 16.5. The van der Waals surface area contributed by atoms with Gasteiger partial charge in [-0.3, -0.25) is 9.59 Å². The standard InChI is InChI=1S/C16H30O4/c1-12(2)8-10-19-15(17)7-6-14(5)16(18)20-11-9-13(3)4/h12-14H,6-11H2,1-5H3. The van der Waals surface area contributed by atoms with Crippen molar-refractivity contribution in [2.45, 2.75) is 60.3 Å². The second kappa shape index (κ2) is 10.7. The van der Waals surface area contributed by atoms with Crippen molar-refractivity contribution in [3.63, 3.8) is 0 Å². The lowest BCUT2D eigenvalue weighted by Gasteiger charge is -2.12. The van der Waals surface area contributed by atoms with E-state index in [1.165, 1.54) is 0 Å². The molecule has 0 amide bonds. The van der Waals surface area contributed by atoms with Crippen molar-refractivity contribution in [2.75, 3.05) is 13.2 Å². The van der Waals surface area contributed by atoms with Gasteiger partial charge in [-0.1, -0.05) is 34.6 Å². The molecule has 0 aliphatic carbocycles. The van der Waals surface area contributed by atoms with Crippen LogP contribution in [0.25, 0.3) is 0 Å². The second-order valence-corrected chi connectivity index (χ2v) is 6.19. The Kier molecular flexibility index (Phi) is 10.1. The minimum Gasteiger partial charge on any atom is -0.466 e. The Balaban J connectivity index is 3.71. The van der Waals surface area contributed by atoms with Crippen LogP contribution >= 0.6 is 0 Å². The Morgan fingerprint density at radius 1 is 0.800 bits per heavy atom. The maximum absolute atomic E-state index is 11.7. The van der Waals surface area contributed by atoms with Crippen LogP contribution in [-0.2, 0) is 19.1 Å². The number of ether oxygens (including phenoxy) is 2. The van der Waals surface area contributed by atoms with E-state index in [0.29, 0.717) is 31.5 Å². The van der Waals surface area contributed by atoms with Crippen molar-refractivity contribution >= 4 is 11.9 Å². The normalized spacial score (nSPS) is 12.6. The third kappa shape index (κ3) is 10.8. The van der Waals surface area contributed by atoms with Crippen molar-refractivity contribution in [2.24, 2.45) is 17.8 Å².